The number of nitrogens with zero attached hydrogens (tertiary/aromatic N) is 2. The van der Waals surface area contributed by atoms with Gasteiger partial charge in [0.15, 0.2) is 15.0 Å². The molecule has 0 saturated heterocycles. The highest BCUT2D eigenvalue weighted by molar-refractivity contribution is 7.90. The fourth-order valence-corrected chi connectivity index (χ4v) is 6.10. The molecule has 2 heterocycles. The van der Waals surface area contributed by atoms with Gasteiger partial charge in [0.25, 0.3) is 0 Å². The highest BCUT2D eigenvalue weighted by Gasteiger charge is 2.36. The van der Waals surface area contributed by atoms with Gasteiger partial charge in [-0.05, 0) is 41.2 Å². The van der Waals surface area contributed by atoms with Crippen molar-refractivity contribution in [2.24, 2.45) is 5.92 Å². The van der Waals surface area contributed by atoms with Crippen LogP contribution in [0, 0.1) is 5.92 Å². The third kappa shape index (κ3) is 5.56. The summed E-state index contributed by atoms with van der Waals surface area (Å²) < 4.78 is 23.2. The van der Waals surface area contributed by atoms with E-state index >= 15 is 0 Å². The van der Waals surface area contributed by atoms with E-state index in [1.165, 1.54) is 34.4 Å². The molecule has 0 fully saturated rings. The Morgan fingerprint density at radius 1 is 1.09 bits per heavy atom. The van der Waals surface area contributed by atoms with E-state index in [1.807, 2.05) is 0 Å². The molecule has 1 aromatic heterocycles. The number of aromatic nitrogens is 1. The van der Waals surface area contributed by atoms with Crippen LogP contribution in [0.4, 0.5) is 5.13 Å². The van der Waals surface area contributed by atoms with Crippen LogP contribution < -0.4 is 5.32 Å². The highest BCUT2D eigenvalue weighted by Crippen LogP contribution is 2.43. The van der Waals surface area contributed by atoms with Crippen molar-refractivity contribution in [3.8, 4) is 0 Å². The minimum Gasteiger partial charge on any atom is -0.302 e. The lowest BCUT2D eigenvalue weighted by Crippen LogP contribution is -2.26. The van der Waals surface area contributed by atoms with Gasteiger partial charge in [0.2, 0.25) is 5.91 Å². The molecule has 180 valence electrons. The van der Waals surface area contributed by atoms with Crippen molar-refractivity contribution in [2.45, 2.75) is 57.6 Å². The van der Waals surface area contributed by atoms with E-state index in [-0.39, 0.29) is 23.3 Å². The third-order valence-electron chi connectivity index (χ3n) is 6.16. The van der Waals surface area contributed by atoms with Gasteiger partial charge in [0.05, 0.1) is 23.1 Å². The van der Waals surface area contributed by atoms with Gasteiger partial charge in [-0.25, -0.2) is 13.4 Å². The van der Waals surface area contributed by atoms with E-state index in [0.717, 1.165) is 30.8 Å². The number of hydrogen-bond acceptors (Lipinski definition) is 6. The van der Waals surface area contributed by atoms with Crippen LogP contribution in [0.5, 0.6) is 0 Å². The summed E-state index contributed by atoms with van der Waals surface area (Å²) in [4.78, 5) is 21.3. The summed E-state index contributed by atoms with van der Waals surface area (Å²) in [5.41, 5.74) is 4.47. The SMILES string of the molecule is CCc1ccc(CN2Cc3sc(NC(=O)Cc4ccc(S(C)(=O)=O)cc4)nc3C2C(C)C)cc1. The van der Waals surface area contributed by atoms with Gasteiger partial charge in [-0.15, -0.1) is 11.3 Å². The van der Waals surface area contributed by atoms with Crippen molar-refractivity contribution in [3.05, 3.63) is 75.8 Å². The summed E-state index contributed by atoms with van der Waals surface area (Å²) in [7, 11) is -3.25. The number of amides is 1. The maximum absolute atomic E-state index is 12.6. The molecule has 0 radical (unpaired) electrons. The minimum absolute atomic E-state index is 0.159. The summed E-state index contributed by atoms with van der Waals surface area (Å²) in [5, 5.41) is 3.56. The number of thiazole rings is 1. The van der Waals surface area contributed by atoms with Gasteiger partial charge in [-0.2, -0.15) is 0 Å². The molecule has 1 aliphatic rings. The molecule has 1 atom stereocenters. The first-order valence-electron chi connectivity index (χ1n) is 11.5. The van der Waals surface area contributed by atoms with Crippen molar-refractivity contribution in [1.29, 1.82) is 0 Å². The predicted molar refractivity (Wildman–Crippen MR) is 137 cm³/mol. The number of carbonyl (C=O) groups excluding carboxylic acids is 1. The molecule has 1 unspecified atom stereocenters. The summed E-state index contributed by atoms with van der Waals surface area (Å²) in [6.45, 7) is 8.30. The lowest BCUT2D eigenvalue weighted by atomic mass is 10.0. The molecule has 0 saturated carbocycles. The van der Waals surface area contributed by atoms with Crippen LogP contribution in [0.2, 0.25) is 0 Å². The standard InChI is InChI=1S/C26H31N3O3S2/c1-5-18-6-8-20(9-7-18)15-29-16-22-24(25(29)17(2)3)28-26(33-22)27-23(30)14-19-10-12-21(13-11-19)34(4,31)32/h6-13,17,25H,5,14-16H2,1-4H3,(H,27,28,30). The molecule has 34 heavy (non-hydrogen) atoms. The largest absolute Gasteiger partial charge is 0.302 e. The first-order valence-corrected chi connectivity index (χ1v) is 14.2. The van der Waals surface area contributed by atoms with E-state index in [4.69, 9.17) is 4.98 Å². The third-order valence-corrected chi connectivity index (χ3v) is 8.26. The van der Waals surface area contributed by atoms with Gasteiger partial charge in [0.1, 0.15) is 0 Å². The van der Waals surface area contributed by atoms with Crippen LogP contribution in [0.25, 0.3) is 0 Å². The molecule has 3 aromatic rings. The summed E-state index contributed by atoms with van der Waals surface area (Å²) in [6.07, 6.45) is 2.38. The van der Waals surface area contributed by atoms with Gasteiger partial charge in [-0.1, -0.05) is 57.2 Å². The molecule has 0 bridgehead atoms. The number of rotatable bonds is 8. The lowest BCUT2D eigenvalue weighted by molar-refractivity contribution is -0.115. The fraction of sp³-hybridized carbons (Fsp3) is 0.385. The summed E-state index contributed by atoms with van der Waals surface area (Å²) >= 11 is 1.54. The topological polar surface area (TPSA) is 79.4 Å². The van der Waals surface area contributed by atoms with Crippen LogP contribution in [-0.2, 0) is 40.6 Å². The first-order chi connectivity index (χ1) is 16.1. The van der Waals surface area contributed by atoms with E-state index in [9.17, 15) is 13.2 Å². The molecule has 4 rings (SSSR count). The molecular weight excluding hydrogens is 466 g/mol. The predicted octanol–water partition coefficient (Wildman–Crippen LogP) is 5.00. The monoisotopic (exact) mass is 497 g/mol. The number of sulfone groups is 1. The van der Waals surface area contributed by atoms with Gasteiger partial charge >= 0.3 is 0 Å². The number of hydrogen-bond donors (Lipinski definition) is 1. The minimum atomic E-state index is -3.25. The first kappa shape index (κ1) is 24.6. The Labute approximate surface area is 206 Å². The molecular formula is C26H31N3O3S2. The molecule has 1 aliphatic heterocycles. The maximum Gasteiger partial charge on any atom is 0.230 e. The number of carbonyl (C=O) groups is 1. The fourth-order valence-electron chi connectivity index (χ4n) is 4.43. The molecule has 6 nitrogen and oxygen atoms in total. The average molecular weight is 498 g/mol. The number of anilines is 1. The Kier molecular flexibility index (Phi) is 7.21. The number of nitrogens with one attached hydrogen (secondary N) is 1. The second-order valence-corrected chi connectivity index (χ2v) is 12.3. The Hall–Kier alpha value is -2.55. The van der Waals surface area contributed by atoms with Crippen LogP contribution in [-0.4, -0.2) is 30.5 Å². The van der Waals surface area contributed by atoms with Crippen LogP contribution >= 0.6 is 11.3 Å². The highest BCUT2D eigenvalue weighted by atomic mass is 32.2. The maximum atomic E-state index is 12.6. The van der Waals surface area contributed by atoms with Crippen LogP contribution in [0.3, 0.4) is 0 Å². The van der Waals surface area contributed by atoms with Gasteiger partial charge in [0, 0.05) is 24.2 Å². The zero-order valence-corrected chi connectivity index (χ0v) is 21.7. The van der Waals surface area contributed by atoms with Crippen molar-refractivity contribution >= 4 is 32.2 Å². The Morgan fingerprint density at radius 3 is 2.29 bits per heavy atom. The Morgan fingerprint density at radius 2 is 1.71 bits per heavy atom. The summed E-state index contributed by atoms with van der Waals surface area (Å²) in [6, 6.07) is 15.5. The normalized spacial score (nSPS) is 16.1. The van der Waals surface area contributed by atoms with Crippen molar-refractivity contribution in [1.82, 2.24) is 9.88 Å². The van der Waals surface area contributed by atoms with Crippen LogP contribution in [0.1, 0.15) is 54.1 Å². The lowest BCUT2D eigenvalue weighted by Gasteiger charge is -2.27. The van der Waals surface area contributed by atoms with Crippen molar-refractivity contribution in [3.63, 3.8) is 0 Å². The second kappa shape index (κ2) is 9.98. The zero-order chi connectivity index (χ0) is 24.5. The van der Waals surface area contributed by atoms with Gasteiger partial charge < -0.3 is 5.32 Å². The molecule has 0 aliphatic carbocycles. The second-order valence-electron chi connectivity index (χ2n) is 9.23. The smallest absolute Gasteiger partial charge is 0.230 e. The van der Waals surface area contributed by atoms with Crippen molar-refractivity contribution < 1.29 is 13.2 Å². The molecule has 8 heteroatoms. The van der Waals surface area contributed by atoms with E-state index in [0.29, 0.717) is 11.0 Å². The number of benzene rings is 2. The van der Waals surface area contributed by atoms with Crippen LogP contribution in [0.15, 0.2) is 53.4 Å². The number of fused-ring (bicyclic) bond motifs is 1. The Bertz CT molecular complexity index is 1260. The van der Waals surface area contributed by atoms with Crippen molar-refractivity contribution in [2.75, 3.05) is 11.6 Å². The molecule has 0 spiro atoms. The van der Waals surface area contributed by atoms with E-state index in [2.05, 4.69) is 55.3 Å². The molecule has 2 aromatic carbocycles. The van der Waals surface area contributed by atoms with E-state index in [1.54, 1.807) is 23.5 Å². The van der Waals surface area contributed by atoms with E-state index < -0.39 is 9.84 Å². The molecule has 1 N–H and O–H groups in total. The molecule has 1 amide bonds. The summed E-state index contributed by atoms with van der Waals surface area (Å²) in [5.74, 6) is 0.240. The zero-order valence-electron chi connectivity index (χ0n) is 20.0. The quantitative estimate of drug-likeness (QED) is 0.474. The number of aryl methyl sites for hydroxylation is 1. The van der Waals surface area contributed by atoms with Gasteiger partial charge in [-0.3, -0.25) is 9.69 Å². The average Bonchev–Trinajstić information content (AvgIpc) is 3.30. The Balaban J connectivity index is 1.42.